The molecule has 38 heavy (non-hydrogen) atoms. The van der Waals surface area contributed by atoms with Crippen molar-refractivity contribution >= 4 is 27.7 Å². The number of halogens is 1. The van der Waals surface area contributed by atoms with E-state index >= 15 is 0 Å². The Morgan fingerprint density at radius 2 is 1.61 bits per heavy atom. The van der Waals surface area contributed by atoms with Crippen LogP contribution in [0.15, 0.2) is 77.3 Å². The van der Waals surface area contributed by atoms with E-state index in [0.717, 1.165) is 33.3 Å². The average Bonchev–Trinajstić information content (AvgIpc) is 2.94. The predicted molar refractivity (Wildman–Crippen MR) is 152 cm³/mol. The van der Waals surface area contributed by atoms with Gasteiger partial charge in [-0.05, 0) is 60.7 Å². The van der Waals surface area contributed by atoms with E-state index in [1.807, 2.05) is 86.6 Å². The lowest BCUT2D eigenvalue weighted by molar-refractivity contribution is -0.141. The van der Waals surface area contributed by atoms with Crippen LogP contribution in [0, 0.1) is 0 Å². The first-order chi connectivity index (χ1) is 18.4. The van der Waals surface area contributed by atoms with Crippen molar-refractivity contribution in [2.75, 3.05) is 13.2 Å². The first-order valence-corrected chi connectivity index (χ1v) is 14.0. The molecular weight excluding hydrogens is 544 g/mol. The molecule has 2 unspecified atom stereocenters. The van der Waals surface area contributed by atoms with E-state index in [4.69, 9.17) is 9.47 Å². The number of aryl methyl sites for hydroxylation is 1. The summed E-state index contributed by atoms with van der Waals surface area (Å²) >= 11 is 3.49. The van der Waals surface area contributed by atoms with Gasteiger partial charge in [-0.25, -0.2) is 0 Å². The van der Waals surface area contributed by atoms with Crippen LogP contribution in [0.25, 0.3) is 0 Å². The van der Waals surface area contributed by atoms with Crippen molar-refractivity contribution in [3.8, 4) is 11.5 Å². The lowest BCUT2D eigenvalue weighted by Gasteiger charge is -2.32. The van der Waals surface area contributed by atoms with Crippen LogP contribution in [0.5, 0.6) is 11.5 Å². The number of benzene rings is 3. The van der Waals surface area contributed by atoms with Crippen LogP contribution in [0.2, 0.25) is 0 Å². The third-order valence-electron chi connectivity index (χ3n) is 6.77. The summed E-state index contributed by atoms with van der Waals surface area (Å²) in [5.41, 5.74) is 2.97. The Morgan fingerprint density at radius 3 is 2.32 bits per heavy atom. The molecule has 3 aromatic rings. The summed E-state index contributed by atoms with van der Waals surface area (Å²) in [6.07, 6.45) is 2.07. The Kier molecular flexibility index (Phi) is 9.82. The van der Waals surface area contributed by atoms with Gasteiger partial charge in [-0.1, -0.05) is 71.4 Å². The second-order valence-electron chi connectivity index (χ2n) is 9.65. The molecular formula is C31H35BrN2O4. The van der Waals surface area contributed by atoms with Crippen LogP contribution in [0.4, 0.5) is 0 Å². The van der Waals surface area contributed by atoms with Crippen molar-refractivity contribution in [3.63, 3.8) is 0 Å². The number of rotatable bonds is 11. The number of fused-ring (bicyclic) bond motifs is 1. The molecule has 1 aliphatic rings. The van der Waals surface area contributed by atoms with Gasteiger partial charge >= 0.3 is 0 Å². The SMILES string of the molecule is CCC(C)NC(=O)C(Cc1ccccc1)N(Cc1ccc(Br)cc1)C(=O)CCc1ccc2c(c1)OCCO2. The first kappa shape index (κ1) is 27.7. The molecule has 0 bridgehead atoms. The van der Waals surface area contributed by atoms with Crippen LogP contribution in [-0.2, 0) is 29.0 Å². The van der Waals surface area contributed by atoms with E-state index in [1.54, 1.807) is 4.90 Å². The molecule has 200 valence electrons. The zero-order chi connectivity index (χ0) is 26.9. The lowest BCUT2D eigenvalue weighted by atomic mass is 10.0. The molecule has 2 atom stereocenters. The first-order valence-electron chi connectivity index (χ1n) is 13.2. The summed E-state index contributed by atoms with van der Waals surface area (Å²) < 4.78 is 12.3. The van der Waals surface area contributed by atoms with Crippen LogP contribution in [0.3, 0.4) is 0 Å². The van der Waals surface area contributed by atoms with E-state index < -0.39 is 6.04 Å². The third kappa shape index (κ3) is 7.60. The van der Waals surface area contributed by atoms with Crippen molar-refractivity contribution in [2.45, 2.75) is 58.2 Å². The lowest BCUT2D eigenvalue weighted by Crippen LogP contribution is -2.52. The molecule has 0 spiro atoms. The van der Waals surface area contributed by atoms with Crippen molar-refractivity contribution < 1.29 is 19.1 Å². The van der Waals surface area contributed by atoms with Gasteiger partial charge in [-0.2, -0.15) is 0 Å². The summed E-state index contributed by atoms with van der Waals surface area (Å²) in [5.74, 6) is 1.24. The molecule has 0 radical (unpaired) electrons. The summed E-state index contributed by atoms with van der Waals surface area (Å²) in [5, 5.41) is 3.12. The Morgan fingerprint density at radius 1 is 0.921 bits per heavy atom. The summed E-state index contributed by atoms with van der Waals surface area (Å²) in [7, 11) is 0. The Bertz CT molecular complexity index is 1220. The molecule has 1 heterocycles. The Labute approximate surface area is 233 Å². The maximum Gasteiger partial charge on any atom is 0.243 e. The fourth-order valence-corrected chi connectivity index (χ4v) is 4.68. The second-order valence-corrected chi connectivity index (χ2v) is 10.6. The van der Waals surface area contributed by atoms with E-state index in [0.29, 0.717) is 38.3 Å². The van der Waals surface area contributed by atoms with E-state index in [1.165, 1.54) is 0 Å². The smallest absolute Gasteiger partial charge is 0.243 e. The molecule has 0 aromatic heterocycles. The number of hydrogen-bond donors (Lipinski definition) is 1. The standard InChI is InChI=1S/C31H35BrN2O4/c1-3-22(2)33-31(36)27(19-23-7-5-4-6-8-23)34(21-25-9-13-26(32)14-10-25)30(35)16-12-24-11-15-28-29(20-24)38-18-17-37-28/h4-11,13-15,20,22,27H,3,12,16-19,21H2,1-2H3,(H,33,36). The van der Waals surface area contributed by atoms with Gasteiger partial charge in [0, 0.05) is 29.9 Å². The van der Waals surface area contributed by atoms with Crippen LogP contribution < -0.4 is 14.8 Å². The summed E-state index contributed by atoms with van der Waals surface area (Å²) in [6.45, 7) is 5.42. The molecule has 0 aliphatic carbocycles. The van der Waals surface area contributed by atoms with E-state index in [2.05, 4.69) is 21.2 Å². The molecule has 0 fully saturated rings. The molecule has 3 aromatic carbocycles. The van der Waals surface area contributed by atoms with Crippen LogP contribution >= 0.6 is 15.9 Å². The highest BCUT2D eigenvalue weighted by Crippen LogP contribution is 2.31. The second kappa shape index (κ2) is 13.5. The average molecular weight is 580 g/mol. The maximum absolute atomic E-state index is 13.8. The molecule has 4 rings (SSSR count). The monoisotopic (exact) mass is 578 g/mol. The number of amides is 2. The third-order valence-corrected chi connectivity index (χ3v) is 7.30. The van der Waals surface area contributed by atoms with Crippen molar-refractivity contribution in [2.24, 2.45) is 0 Å². The highest BCUT2D eigenvalue weighted by Gasteiger charge is 2.31. The molecule has 6 nitrogen and oxygen atoms in total. The normalized spacial score (nSPS) is 13.9. The molecule has 1 N–H and O–H groups in total. The zero-order valence-corrected chi connectivity index (χ0v) is 23.6. The van der Waals surface area contributed by atoms with Gasteiger partial charge in [-0.3, -0.25) is 9.59 Å². The van der Waals surface area contributed by atoms with E-state index in [9.17, 15) is 9.59 Å². The number of ether oxygens (including phenoxy) is 2. The maximum atomic E-state index is 13.8. The number of nitrogens with one attached hydrogen (secondary N) is 1. The fourth-order valence-electron chi connectivity index (χ4n) is 4.42. The van der Waals surface area contributed by atoms with Gasteiger partial charge in [0.05, 0.1) is 0 Å². The van der Waals surface area contributed by atoms with Gasteiger partial charge in [-0.15, -0.1) is 0 Å². The van der Waals surface area contributed by atoms with Crippen molar-refractivity contribution in [1.29, 1.82) is 0 Å². The topological polar surface area (TPSA) is 67.9 Å². The van der Waals surface area contributed by atoms with Gasteiger partial charge < -0.3 is 19.7 Å². The quantitative estimate of drug-likeness (QED) is 0.316. The Hall–Kier alpha value is -3.32. The minimum Gasteiger partial charge on any atom is -0.486 e. The van der Waals surface area contributed by atoms with Gasteiger partial charge in [0.15, 0.2) is 11.5 Å². The molecule has 2 amide bonds. The highest BCUT2D eigenvalue weighted by molar-refractivity contribution is 9.10. The fraction of sp³-hybridized carbons (Fsp3) is 0.355. The van der Waals surface area contributed by atoms with Crippen LogP contribution in [0.1, 0.15) is 43.4 Å². The van der Waals surface area contributed by atoms with Crippen LogP contribution in [-0.4, -0.2) is 42.0 Å². The minimum atomic E-state index is -0.636. The largest absolute Gasteiger partial charge is 0.486 e. The summed E-state index contributed by atoms with van der Waals surface area (Å²) in [4.78, 5) is 29.2. The van der Waals surface area contributed by atoms with Gasteiger partial charge in [0.25, 0.3) is 0 Å². The number of hydrogen-bond acceptors (Lipinski definition) is 4. The minimum absolute atomic E-state index is 0.0168. The highest BCUT2D eigenvalue weighted by atomic mass is 79.9. The van der Waals surface area contributed by atoms with Gasteiger partial charge in [0.1, 0.15) is 19.3 Å². The predicted octanol–water partition coefficient (Wildman–Crippen LogP) is 5.71. The Balaban J connectivity index is 1.59. The molecule has 0 saturated heterocycles. The molecule has 0 saturated carbocycles. The summed E-state index contributed by atoms with van der Waals surface area (Å²) in [6, 6.07) is 22.9. The van der Waals surface area contributed by atoms with Gasteiger partial charge in [0.2, 0.25) is 11.8 Å². The number of carbonyl (C=O) groups excluding carboxylic acids is 2. The van der Waals surface area contributed by atoms with Crippen molar-refractivity contribution in [3.05, 3.63) is 94.0 Å². The zero-order valence-electron chi connectivity index (χ0n) is 22.0. The van der Waals surface area contributed by atoms with E-state index in [-0.39, 0.29) is 24.3 Å². The number of carbonyl (C=O) groups is 2. The molecule has 7 heteroatoms. The number of nitrogens with zero attached hydrogens (tertiary/aromatic N) is 1. The van der Waals surface area contributed by atoms with Crippen molar-refractivity contribution in [1.82, 2.24) is 10.2 Å². The molecule has 1 aliphatic heterocycles.